The monoisotopic (exact) mass is 388 g/mol. The molecule has 0 fully saturated rings. The van der Waals surface area contributed by atoms with Crippen molar-refractivity contribution in [2.45, 2.75) is 6.92 Å². The Kier molecular flexibility index (Phi) is 6.73. The van der Waals surface area contributed by atoms with Crippen LogP contribution in [0.5, 0.6) is 11.5 Å². The van der Waals surface area contributed by atoms with Gasteiger partial charge in [-0.1, -0.05) is 29.8 Å². The highest BCUT2D eigenvalue weighted by molar-refractivity contribution is 5.95. The lowest BCUT2D eigenvalue weighted by molar-refractivity contribution is -0.142. The molecule has 146 valence electrons. The van der Waals surface area contributed by atoms with Gasteiger partial charge >= 0.3 is 5.97 Å². The number of ether oxygens (including phenoxy) is 2. The van der Waals surface area contributed by atoms with Gasteiger partial charge in [-0.25, -0.2) is 4.79 Å². The first-order valence-corrected chi connectivity index (χ1v) is 8.98. The molecule has 29 heavy (non-hydrogen) atoms. The van der Waals surface area contributed by atoms with Gasteiger partial charge in [0.25, 0.3) is 5.91 Å². The Balaban J connectivity index is 1.54. The number of hydrogen-bond acceptors (Lipinski definition) is 5. The molecule has 0 aliphatic carbocycles. The Morgan fingerprint density at radius 2 is 1.72 bits per heavy atom. The van der Waals surface area contributed by atoms with E-state index in [1.165, 1.54) is 6.08 Å². The number of carbonyl (C=O) groups is 2. The minimum Gasteiger partial charge on any atom is -0.455 e. The molecule has 2 aromatic carbocycles. The fourth-order valence-electron chi connectivity index (χ4n) is 2.40. The van der Waals surface area contributed by atoms with Gasteiger partial charge in [-0.3, -0.25) is 9.78 Å². The number of hydrogen-bond donors (Lipinski definition) is 1. The zero-order valence-electron chi connectivity index (χ0n) is 15.9. The molecule has 1 amide bonds. The van der Waals surface area contributed by atoms with E-state index in [-0.39, 0.29) is 0 Å². The molecule has 6 heteroatoms. The smallest absolute Gasteiger partial charge is 0.331 e. The van der Waals surface area contributed by atoms with E-state index in [1.54, 1.807) is 48.8 Å². The number of aromatic nitrogens is 1. The van der Waals surface area contributed by atoms with Crippen LogP contribution in [0.25, 0.3) is 6.08 Å². The largest absolute Gasteiger partial charge is 0.455 e. The lowest BCUT2D eigenvalue weighted by Crippen LogP contribution is -2.20. The summed E-state index contributed by atoms with van der Waals surface area (Å²) in [5, 5.41) is 2.70. The zero-order chi connectivity index (χ0) is 20.5. The first-order valence-electron chi connectivity index (χ1n) is 8.98. The molecule has 0 bridgehead atoms. The van der Waals surface area contributed by atoms with Crippen molar-refractivity contribution in [3.05, 3.63) is 90.3 Å². The summed E-state index contributed by atoms with van der Waals surface area (Å²) < 4.78 is 10.8. The van der Waals surface area contributed by atoms with Gasteiger partial charge in [-0.15, -0.1) is 0 Å². The molecule has 3 rings (SSSR count). The molecule has 1 aromatic heterocycles. The van der Waals surface area contributed by atoms with E-state index >= 15 is 0 Å². The van der Waals surface area contributed by atoms with Crippen LogP contribution in [0.2, 0.25) is 0 Å². The standard InChI is InChI=1S/C23H20N2O4/c1-17-6-9-19(10-7-17)29-21-5-3-2-4-20(21)25-22(26)16-28-23(27)11-8-18-12-14-24-15-13-18/h2-15H,16H2,1H3,(H,25,26)/b11-8+. The molecule has 3 aromatic rings. The molecule has 0 atom stereocenters. The molecular weight excluding hydrogens is 368 g/mol. The van der Waals surface area contributed by atoms with Crippen LogP contribution in [-0.4, -0.2) is 23.5 Å². The van der Waals surface area contributed by atoms with Crippen molar-refractivity contribution in [2.75, 3.05) is 11.9 Å². The third kappa shape index (κ3) is 6.32. The summed E-state index contributed by atoms with van der Waals surface area (Å²) in [7, 11) is 0. The molecule has 1 N–H and O–H groups in total. The third-order valence-corrected chi connectivity index (χ3v) is 3.87. The zero-order valence-corrected chi connectivity index (χ0v) is 15.9. The van der Waals surface area contributed by atoms with Crippen LogP contribution in [0, 0.1) is 6.92 Å². The van der Waals surface area contributed by atoms with Crippen LogP contribution in [0.4, 0.5) is 5.69 Å². The van der Waals surface area contributed by atoms with Crippen molar-refractivity contribution in [2.24, 2.45) is 0 Å². The maximum absolute atomic E-state index is 12.2. The van der Waals surface area contributed by atoms with E-state index in [2.05, 4.69) is 10.3 Å². The van der Waals surface area contributed by atoms with Crippen LogP contribution in [0.15, 0.2) is 79.1 Å². The molecule has 0 radical (unpaired) electrons. The van der Waals surface area contributed by atoms with Crippen LogP contribution < -0.4 is 10.1 Å². The lowest BCUT2D eigenvalue weighted by Gasteiger charge is -2.12. The van der Waals surface area contributed by atoms with E-state index in [0.29, 0.717) is 17.2 Å². The second kappa shape index (κ2) is 9.85. The van der Waals surface area contributed by atoms with Crippen LogP contribution in [0.1, 0.15) is 11.1 Å². The molecule has 0 saturated carbocycles. The maximum atomic E-state index is 12.2. The van der Waals surface area contributed by atoms with Crippen molar-refractivity contribution in [3.63, 3.8) is 0 Å². The Morgan fingerprint density at radius 3 is 2.48 bits per heavy atom. The minimum absolute atomic E-state index is 0.404. The van der Waals surface area contributed by atoms with Crippen LogP contribution >= 0.6 is 0 Å². The first kappa shape index (κ1) is 19.8. The summed E-state index contributed by atoms with van der Waals surface area (Å²) in [6.45, 7) is 1.59. The minimum atomic E-state index is -0.610. The highest BCUT2D eigenvalue weighted by Gasteiger charge is 2.10. The summed E-state index contributed by atoms with van der Waals surface area (Å²) in [6, 6.07) is 18.1. The average molecular weight is 388 g/mol. The predicted octanol–water partition coefficient (Wildman–Crippen LogP) is 4.38. The number of para-hydroxylation sites is 2. The number of anilines is 1. The van der Waals surface area contributed by atoms with Crippen molar-refractivity contribution in [1.82, 2.24) is 4.98 Å². The molecule has 0 unspecified atom stereocenters. The van der Waals surface area contributed by atoms with Crippen molar-refractivity contribution in [3.8, 4) is 11.5 Å². The van der Waals surface area contributed by atoms with Gasteiger partial charge in [-0.2, -0.15) is 0 Å². The van der Waals surface area contributed by atoms with Gasteiger partial charge in [0.1, 0.15) is 5.75 Å². The molecular formula is C23H20N2O4. The van der Waals surface area contributed by atoms with E-state index in [9.17, 15) is 9.59 Å². The van der Waals surface area contributed by atoms with Gasteiger partial charge in [0, 0.05) is 18.5 Å². The summed E-state index contributed by atoms with van der Waals surface area (Å²) in [5.41, 5.74) is 2.42. The van der Waals surface area contributed by atoms with Gasteiger partial charge in [0.15, 0.2) is 12.4 Å². The van der Waals surface area contributed by atoms with Crippen molar-refractivity contribution < 1.29 is 19.1 Å². The van der Waals surface area contributed by atoms with Gasteiger partial charge in [0.2, 0.25) is 0 Å². The summed E-state index contributed by atoms with van der Waals surface area (Å²) >= 11 is 0. The normalized spacial score (nSPS) is 10.5. The molecule has 0 saturated heterocycles. The van der Waals surface area contributed by atoms with E-state index in [1.807, 2.05) is 37.3 Å². The SMILES string of the molecule is Cc1ccc(Oc2ccccc2NC(=O)COC(=O)/C=C/c2ccncc2)cc1. The maximum Gasteiger partial charge on any atom is 0.331 e. The number of nitrogens with one attached hydrogen (secondary N) is 1. The number of rotatable bonds is 7. The Labute approximate surface area is 168 Å². The number of carbonyl (C=O) groups excluding carboxylic acids is 2. The quantitative estimate of drug-likeness (QED) is 0.480. The number of pyridine rings is 1. The van der Waals surface area contributed by atoms with Crippen LogP contribution in [-0.2, 0) is 14.3 Å². The van der Waals surface area contributed by atoms with Gasteiger partial charge in [0.05, 0.1) is 5.69 Å². The van der Waals surface area contributed by atoms with Crippen molar-refractivity contribution in [1.29, 1.82) is 0 Å². The molecule has 0 spiro atoms. The molecule has 1 heterocycles. The highest BCUT2D eigenvalue weighted by Crippen LogP contribution is 2.29. The van der Waals surface area contributed by atoms with Crippen LogP contribution in [0.3, 0.4) is 0 Å². The predicted molar refractivity (Wildman–Crippen MR) is 111 cm³/mol. The second-order valence-corrected chi connectivity index (χ2v) is 6.18. The number of esters is 1. The Hall–Kier alpha value is -3.93. The molecule has 0 aliphatic rings. The first-order chi connectivity index (χ1) is 14.1. The summed E-state index contributed by atoms with van der Waals surface area (Å²) in [4.78, 5) is 27.8. The van der Waals surface area contributed by atoms with Crippen molar-refractivity contribution >= 4 is 23.6 Å². The van der Waals surface area contributed by atoms with Gasteiger partial charge in [-0.05, 0) is 55.0 Å². The second-order valence-electron chi connectivity index (χ2n) is 6.18. The van der Waals surface area contributed by atoms with E-state index in [4.69, 9.17) is 9.47 Å². The highest BCUT2D eigenvalue weighted by atomic mass is 16.5. The average Bonchev–Trinajstić information content (AvgIpc) is 2.74. The number of aryl methyl sites for hydroxylation is 1. The Bertz CT molecular complexity index is 999. The molecule has 6 nitrogen and oxygen atoms in total. The third-order valence-electron chi connectivity index (χ3n) is 3.87. The number of nitrogens with zero attached hydrogens (tertiary/aromatic N) is 1. The molecule has 0 aliphatic heterocycles. The number of benzene rings is 2. The number of amides is 1. The van der Waals surface area contributed by atoms with E-state index < -0.39 is 18.5 Å². The Morgan fingerprint density at radius 1 is 1.00 bits per heavy atom. The summed E-state index contributed by atoms with van der Waals surface area (Å²) in [6.07, 6.45) is 6.09. The topological polar surface area (TPSA) is 77.5 Å². The fourth-order valence-corrected chi connectivity index (χ4v) is 2.40. The summed E-state index contributed by atoms with van der Waals surface area (Å²) in [5.74, 6) is 0.0790. The fraction of sp³-hybridized carbons (Fsp3) is 0.0870. The van der Waals surface area contributed by atoms with Gasteiger partial charge < -0.3 is 14.8 Å². The van der Waals surface area contributed by atoms with E-state index in [0.717, 1.165) is 11.1 Å². The lowest BCUT2D eigenvalue weighted by atomic mass is 10.2.